The van der Waals surface area contributed by atoms with Crippen molar-refractivity contribution in [1.29, 1.82) is 0 Å². The number of rotatable bonds is 4. The number of aromatic nitrogens is 1. The zero-order valence-electron chi connectivity index (χ0n) is 11.6. The van der Waals surface area contributed by atoms with E-state index in [2.05, 4.69) is 4.98 Å². The van der Waals surface area contributed by atoms with Crippen LogP contribution in [-0.2, 0) is 0 Å². The summed E-state index contributed by atoms with van der Waals surface area (Å²) in [5.41, 5.74) is 8.39. The van der Waals surface area contributed by atoms with Gasteiger partial charge in [0, 0.05) is 12.7 Å². The molecule has 2 N–H and O–H groups in total. The van der Waals surface area contributed by atoms with E-state index >= 15 is 0 Å². The summed E-state index contributed by atoms with van der Waals surface area (Å²) in [6, 6.07) is 11.7. The Morgan fingerprint density at radius 2 is 1.84 bits per heavy atom. The molecule has 0 amide bonds. The van der Waals surface area contributed by atoms with Crippen LogP contribution in [0.4, 0.5) is 17.2 Å². The predicted octanol–water partition coefficient (Wildman–Crippen LogP) is 3.14. The Balaban J connectivity index is 2.22. The summed E-state index contributed by atoms with van der Waals surface area (Å²) in [4.78, 5) is 6.49. The van der Waals surface area contributed by atoms with Gasteiger partial charge in [-0.15, -0.1) is 0 Å². The first-order chi connectivity index (χ1) is 9.11. The molecule has 0 radical (unpaired) electrons. The molecule has 0 unspecified atom stereocenters. The van der Waals surface area contributed by atoms with E-state index in [4.69, 9.17) is 10.5 Å². The molecule has 0 saturated carbocycles. The lowest BCUT2D eigenvalue weighted by Crippen LogP contribution is -2.12. The molecule has 100 valence electrons. The fourth-order valence-electron chi connectivity index (χ4n) is 1.81. The molecule has 1 aromatic heterocycles. The van der Waals surface area contributed by atoms with Gasteiger partial charge in [-0.3, -0.25) is 0 Å². The van der Waals surface area contributed by atoms with Crippen molar-refractivity contribution in [2.24, 2.45) is 0 Å². The van der Waals surface area contributed by atoms with Crippen LogP contribution in [0.1, 0.15) is 12.6 Å². The molecule has 0 aliphatic rings. The second kappa shape index (κ2) is 5.61. The molecule has 19 heavy (non-hydrogen) atoms. The minimum atomic E-state index is 0.675. The fourth-order valence-corrected chi connectivity index (χ4v) is 1.81. The third-order valence-corrected chi connectivity index (χ3v) is 2.99. The van der Waals surface area contributed by atoms with Crippen LogP contribution in [-0.4, -0.2) is 18.6 Å². The van der Waals surface area contributed by atoms with Gasteiger partial charge in [0.25, 0.3) is 0 Å². The summed E-state index contributed by atoms with van der Waals surface area (Å²) in [7, 11) is 1.98. The standard InChI is InChI=1S/C15H19N3O/c1-4-19-13-7-5-12(6-8-13)18(3)15-10-9-14(16)11(2)17-15/h5-10H,4,16H2,1-3H3. The highest BCUT2D eigenvalue weighted by molar-refractivity contribution is 5.62. The summed E-state index contributed by atoms with van der Waals surface area (Å²) < 4.78 is 5.43. The summed E-state index contributed by atoms with van der Waals surface area (Å²) in [6.07, 6.45) is 0. The number of anilines is 3. The molecule has 0 saturated heterocycles. The number of pyridine rings is 1. The number of hydrogen-bond donors (Lipinski definition) is 1. The van der Waals surface area contributed by atoms with Crippen LogP contribution in [0.5, 0.6) is 5.75 Å². The minimum absolute atomic E-state index is 0.675. The monoisotopic (exact) mass is 257 g/mol. The topological polar surface area (TPSA) is 51.4 Å². The average molecular weight is 257 g/mol. The number of aryl methyl sites for hydroxylation is 1. The highest BCUT2D eigenvalue weighted by Crippen LogP contribution is 2.25. The van der Waals surface area contributed by atoms with E-state index in [1.807, 2.05) is 62.2 Å². The number of nitrogens with zero attached hydrogens (tertiary/aromatic N) is 2. The van der Waals surface area contributed by atoms with Gasteiger partial charge in [0.15, 0.2) is 0 Å². The largest absolute Gasteiger partial charge is 0.494 e. The van der Waals surface area contributed by atoms with Crippen LogP contribution in [0.3, 0.4) is 0 Å². The van der Waals surface area contributed by atoms with Crippen molar-refractivity contribution >= 4 is 17.2 Å². The molecule has 0 bridgehead atoms. The number of nitrogens with two attached hydrogens (primary N) is 1. The van der Waals surface area contributed by atoms with E-state index in [1.165, 1.54) is 0 Å². The first-order valence-electron chi connectivity index (χ1n) is 6.31. The predicted molar refractivity (Wildman–Crippen MR) is 79.1 cm³/mol. The van der Waals surface area contributed by atoms with Crippen molar-refractivity contribution in [3.63, 3.8) is 0 Å². The second-order valence-corrected chi connectivity index (χ2v) is 4.33. The van der Waals surface area contributed by atoms with Crippen LogP contribution in [0.2, 0.25) is 0 Å². The molecule has 2 aromatic rings. The Morgan fingerprint density at radius 3 is 2.42 bits per heavy atom. The SMILES string of the molecule is CCOc1ccc(N(C)c2ccc(N)c(C)n2)cc1. The maximum absolute atomic E-state index is 5.78. The van der Waals surface area contributed by atoms with Gasteiger partial charge in [-0.05, 0) is 50.2 Å². The van der Waals surface area contributed by atoms with Gasteiger partial charge in [-0.25, -0.2) is 4.98 Å². The van der Waals surface area contributed by atoms with Crippen molar-refractivity contribution in [2.75, 3.05) is 24.3 Å². The zero-order chi connectivity index (χ0) is 13.8. The first-order valence-corrected chi connectivity index (χ1v) is 6.31. The van der Waals surface area contributed by atoms with Gasteiger partial charge in [0.05, 0.1) is 18.0 Å². The maximum Gasteiger partial charge on any atom is 0.133 e. The van der Waals surface area contributed by atoms with Gasteiger partial charge in [-0.1, -0.05) is 0 Å². The van der Waals surface area contributed by atoms with Crippen LogP contribution < -0.4 is 15.4 Å². The Hall–Kier alpha value is -2.23. The molecule has 0 fully saturated rings. The van der Waals surface area contributed by atoms with E-state index in [1.54, 1.807) is 0 Å². The third-order valence-electron chi connectivity index (χ3n) is 2.99. The van der Waals surface area contributed by atoms with Gasteiger partial charge >= 0.3 is 0 Å². The third kappa shape index (κ3) is 2.96. The van der Waals surface area contributed by atoms with E-state index in [9.17, 15) is 0 Å². The smallest absolute Gasteiger partial charge is 0.133 e. The van der Waals surface area contributed by atoms with Gasteiger partial charge in [0.2, 0.25) is 0 Å². The molecule has 0 atom stereocenters. The van der Waals surface area contributed by atoms with Crippen molar-refractivity contribution < 1.29 is 4.74 Å². The zero-order valence-corrected chi connectivity index (χ0v) is 11.6. The van der Waals surface area contributed by atoms with Crippen molar-refractivity contribution in [3.05, 3.63) is 42.1 Å². The van der Waals surface area contributed by atoms with Crippen LogP contribution >= 0.6 is 0 Å². The lowest BCUT2D eigenvalue weighted by molar-refractivity contribution is 0.340. The van der Waals surface area contributed by atoms with Gasteiger partial charge < -0.3 is 15.4 Å². The van der Waals surface area contributed by atoms with E-state index in [0.717, 1.165) is 22.9 Å². The molecule has 4 nitrogen and oxygen atoms in total. The quantitative estimate of drug-likeness (QED) is 0.914. The number of hydrogen-bond acceptors (Lipinski definition) is 4. The minimum Gasteiger partial charge on any atom is -0.494 e. The Morgan fingerprint density at radius 1 is 1.16 bits per heavy atom. The molecular weight excluding hydrogens is 238 g/mol. The van der Waals surface area contributed by atoms with Gasteiger partial charge in [-0.2, -0.15) is 0 Å². The molecule has 4 heteroatoms. The average Bonchev–Trinajstić information content (AvgIpc) is 2.42. The van der Waals surface area contributed by atoms with Gasteiger partial charge in [0.1, 0.15) is 11.6 Å². The van der Waals surface area contributed by atoms with Crippen molar-refractivity contribution in [3.8, 4) is 5.75 Å². The lowest BCUT2D eigenvalue weighted by atomic mass is 10.2. The summed E-state index contributed by atoms with van der Waals surface area (Å²) in [6.45, 7) is 4.56. The normalized spacial score (nSPS) is 10.3. The second-order valence-electron chi connectivity index (χ2n) is 4.33. The lowest BCUT2D eigenvalue weighted by Gasteiger charge is -2.19. The van der Waals surface area contributed by atoms with E-state index < -0.39 is 0 Å². The highest BCUT2D eigenvalue weighted by atomic mass is 16.5. The Kier molecular flexibility index (Phi) is 3.90. The van der Waals surface area contributed by atoms with E-state index in [0.29, 0.717) is 12.3 Å². The molecule has 2 rings (SSSR count). The molecule has 0 aliphatic heterocycles. The fraction of sp³-hybridized carbons (Fsp3) is 0.267. The van der Waals surface area contributed by atoms with Crippen LogP contribution in [0.25, 0.3) is 0 Å². The Labute approximate surface area is 113 Å². The number of ether oxygens (including phenoxy) is 1. The number of benzene rings is 1. The van der Waals surface area contributed by atoms with Crippen molar-refractivity contribution in [1.82, 2.24) is 4.98 Å². The first kappa shape index (κ1) is 13.2. The highest BCUT2D eigenvalue weighted by Gasteiger charge is 2.07. The molecule has 1 heterocycles. The van der Waals surface area contributed by atoms with E-state index in [-0.39, 0.29) is 0 Å². The summed E-state index contributed by atoms with van der Waals surface area (Å²) >= 11 is 0. The number of nitrogen functional groups attached to an aromatic ring is 1. The molecule has 1 aromatic carbocycles. The molecule has 0 spiro atoms. The Bertz CT molecular complexity index is 552. The van der Waals surface area contributed by atoms with Crippen LogP contribution in [0, 0.1) is 6.92 Å². The van der Waals surface area contributed by atoms with Crippen molar-refractivity contribution in [2.45, 2.75) is 13.8 Å². The molecular formula is C15H19N3O. The molecule has 0 aliphatic carbocycles. The summed E-state index contributed by atoms with van der Waals surface area (Å²) in [5.74, 6) is 1.75. The summed E-state index contributed by atoms with van der Waals surface area (Å²) in [5, 5.41) is 0. The maximum atomic E-state index is 5.78. The van der Waals surface area contributed by atoms with Crippen LogP contribution in [0.15, 0.2) is 36.4 Å².